The quantitative estimate of drug-likeness (QED) is 0.425. The largest absolute Gasteiger partial charge is 0.506 e. The summed E-state index contributed by atoms with van der Waals surface area (Å²) >= 11 is 0. The summed E-state index contributed by atoms with van der Waals surface area (Å²) < 4.78 is 49.7. The van der Waals surface area contributed by atoms with Crippen molar-refractivity contribution in [1.82, 2.24) is 9.97 Å². The Kier molecular flexibility index (Phi) is 8.21. The lowest BCUT2D eigenvalue weighted by atomic mass is 10.1. The first-order valence-electron chi connectivity index (χ1n) is 8.07. The molecule has 0 saturated carbocycles. The average Bonchev–Trinajstić information content (AvgIpc) is 2.65. The summed E-state index contributed by atoms with van der Waals surface area (Å²) in [6.45, 7) is -0.790. The van der Waals surface area contributed by atoms with E-state index in [1.54, 1.807) is 0 Å². The van der Waals surface area contributed by atoms with Crippen LogP contribution in [0.25, 0.3) is 0 Å². The van der Waals surface area contributed by atoms with Crippen LogP contribution < -0.4 is 0 Å². The highest BCUT2D eigenvalue weighted by atomic mass is 31.1. The zero-order valence-corrected chi connectivity index (χ0v) is 15.5. The van der Waals surface area contributed by atoms with Crippen molar-refractivity contribution in [3.63, 3.8) is 0 Å². The van der Waals surface area contributed by atoms with Crippen molar-refractivity contribution in [3.8, 4) is 11.5 Å². The summed E-state index contributed by atoms with van der Waals surface area (Å²) in [6, 6.07) is 0. The molecule has 2 heterocycles. The van der Waals surface area contributed by atoms with Gasteiger partial charge in [-0.2, -0.15) is 0 Å². The molecule has 154 valence electrons. The first-order chi connectivity index (χ1) is 13.4. The van der Waals surface area contributed by atoms with E-state index in [1.165, 1.54) is 0 Å². The summed E-state index contributed by atoms with van der Waals surface area (Å²) in [4.78, 5) is 7.18. The number of pyridine rings is 2. The fourth-order valence-electron chi connectivity index (χ4n) is 2.47. The van der Waals surface area contributed by atoms with Crippen LogP contribution in [0.2, 0.25) is 0 Å². The Morgan fingerprint density at radius 1 is 0.857 bits per heavy atom. The van der Waals surface area contributed by atoms with Crippen molar-refractivity contribution in [2.45, 2.75) is 25.6 Å². The van der Waals surface area contributed by atoms with Crippen LogP contribution in [-0.4, -0.2) is 43.6 Å². The van der Waals surface area contributed by atoms with Gasteiger partial charge in [0, 0.05) is 47.9 Å². The Labute approximate surface area is 159 Å². The van der Waals surface area contributed by atoms with Gasteiger partial charge in [0.15, 0.2) is 0 Å². The Morgan fingerprint density at radius 3 is 1.61 bits per heavy atom. The zero-order chi connectivity index (χ0) is 20.7. The lowest BCUT2D eigenvalue weighted by Crippen LogP contribution is -2.05. The van der Waals surface area contributed by atoms with Crippen LogP contribution in [0.3, 0.4) is 0 Å². The van der Waals surface area contributed by atoms with E-state index in [4.69, 9.17) is 10.2 Å². The van der Waals surface area contributed by atoms with Gasteiger partial charge in [-0.3, -0.25) is 23.6 Å². The number of aliphatic hydroxyl groups is 2. The molecule has 0 radical (unpaired) electrons. The molecule has 2 aromatic heterocycles. The van der Waals surface area contributed by atoms with Crippen LogP contribution >= 0.6 is 8.25 Å². The molecular weight excluding hydrogens is 401 g/mol. The fraction of sp³-hybridized carbons (Fsp3) is 0.375. The van der Waals surface area contributed by atoms with Gasteiger partial charge >= 0.3 is 8.25 Å². The summed E-state index contributed by atoms with van der Waals surface area (Å²) in [5.41, 5.74) is -0.573. The molecule has 0 aliphatic heterocycles. The maximum Gasteiger partial charge on any atom is 0.324 e. The number of rotatable bonds is 10. The summed E-state index contributed by atoms with van der Waals surface area (Å²) in [5, 5.41) is 37.4. The van der Waals surface area contributed by atoms with E-state index in [0.29, 0.717) is 0 Å². The van der Waals surface area contributed by atoms with Gasteiger partial charge in [0.05, 0.1) is 12.4 Å². The molecule has 0 bridgehead atoms. The van der Waals surface area contributed by atoms with Gasteiger partial charge in [-0.25, -0.2) is 8.78 Å². The van der Waals surface area contributed by atoms with Crippen molar-refractivity contribution < 1.29 is 42.8 Å². The number of hydrogen-bond acceptors (Lipinski definition) is 9. The van der Waals surface area contributed by atoms with E-state index in [1.807, 2.05) is 0 Å². The van der Waals surface area contributed by atoms with Crippen molar-refractivity contribution in [1.29, 1.82) is 0 Å². The normalized spacial score (nSPS) is 14.6. The predicted molar refractivity (Wildman–Crippen MR) is 92.3 cm³/mol. The number of aliphatic hydroxyl groups excluding tert-OH is 2. The third-order valence-corrected chi connectivity index (χ3v) is 4.55. The predicted octanol–water partition coefficient (Wildman–Crippen LogP) is 2.02. The maximum absolute atomic E-state index is 14.3. The number of aromatic hydroxyl groups is 2. The molecule has 9 nitrogen and oxygen atoms in total. The second kappa shape index (κ2) is 10.4. The molecule has 2 rings (SSSR count). The van der Waals surface area contributed by atoms with Gasteiger partial charge in [0.1, 0.15) is 11.5 Å². The second-order valence-electron chi connectivity index (χ2n) is 5.52. The molecule has 0 aliphatic rings. The van der Waals surface area contributed by atoms with Crippen LogP contribution in [0, 0.1) is 0 Å². The van der Waals surface area contributed by atoms with Crippen LogP contribution in [0.15, 0.2) is 24.8 Å². The van der Waals surface area contributed by atoms with Gasteiger partial charge in [-0.15, -0.1) is 0 Å². The van der Waals surface area contributed by atoms with E-state index >= 15 is 0 Å². The van der Waals surface area contributed by atoms with Crippen LogP contribution in [-0.2, 0) is 26.5 Å². The van der Waals surface area contributed by atoms with Crippen LogP contribution in [0.5, 0.6) is 11.5 Å². The molecule has 12 heteroatoms. The highest BCUT2D eigenvalue weighted by Gasteiger charge is 2.25. The van der Waals surface area contributed by atoms with Crippen molar-refractivity contribution in [2.24, 2.45) is 0 Å². The number of halogens is 2. The summed E-state index contributed by atoms with van der Waals surface area (Å²) in [5.74, 6) is -0.775. The van der Waals surface area contributed by atoms with Crippen LogP contribution in [0.4, 0.5) is 8.78 Å². The molecule has 28 heavy (non-hydrogen) atoms. The molecule has 0 fully saturated rings. The van der Waals surface area contributed by atoms with Gasteiger partial charge in [-0.1, -0.05) is 0 Å². The van der Waals surface area contributed by atoms with E-state index in [-0.39, 0.29) is 46.6 Å². The lowest BCUT2D eigenvalue weighted by Gasteiger charge is -2.17. The van der Waals surface area contributed by atoms with Gasteiger partial charge in [0.25, 0.3) is 0 Å². The van der Waals surface area contributed by atoms with E-state index in [9.17, 15) is 23.6 Å². The Bertz CT molecular complexity index is 762. The molecule has 2 aromatic rings. The fourth-order valence-corrected chi connectivity index (χ4v) is 3.11. The average molecular weight is 420 g/mol. The molecule has 0 amide bonds. The minimum absolute atomic E-state index is 0.000915. The van der Waals surface area contributed by atoms with Crippen molar-refractivity contribution in [2.75, 3.05) is 13.2 Å². The number of hydrogen-bond donors (Lipinski definition) is 4. The molecule has 0 spiro atoms. The highest BCUT2D eigenvalue weighted by Crippen LogP contribution is 2.42. The third kappa shape index (κ3) is 5.43. The molecule has 0 aliphatic carbocycles. The Balaban J connectivity index is 2.10. The number of aromatic nitrogens is 2. The Morgan fingerprint density at radius 2 is 1.25 bits per heavy atom. The van der Waals surface area contributed by atoms with Gasteiger partial charge in [0.2, 0.25) is 12.7 Å². The number of alkyl halides is 2. The molecule has 2 unspecified atom stereocenters. The molecule has 0 saturated heterocycles. The summed E-state index contributed by atoms with van der Waals surface area (Å²) in [7, 11) is -3.71. The number of nitrogens with zero attached hydrogens (tertiary/aromatic N) is 2. The van der Waals surface area contributed by atoms with Crippen molar-refractivity contribution >= 4 is 8.25 Å². The Hall–Kier alpha value is -2.17. The zero-order valence-electron chi connectivity index (χ0n) is 14.5. The minimum atomic E-state index is -3.71. The van der Waals surface area contributed by atoms with Gasteiger partial charge < -0.3 is 20.4 Å². The van der Waals surface area contributed by atoms with E-state index < -0.39 is 34.2 Å². The van der Waals surface area contributed by atoms with E-state index in [2.05, 4.69) is 19.0 Å². The second-order valence-corrected chi connectivity index (χ2v) is 6.49. The first-order valence-corrected chi connectivity index (χ1v) is 9.30. The summed E-state index contributed by atoms with van der Waals surface area (Å²) in [6.07, 6.45) is -0.850. The maximum atomic E-state index is 14.3. The molecule has 4 N–H and O–H groups in total. The van der Waals surface area contributed by atoms with Gasteiger partial charge in [-0.05, 0) is 12.8 Å². The smallest absolute Gasteiger partial charge is 0.324 e. The van der Waals surface area contributed by atoms with Crippen LogP contribution in [0.1, 0.15) is 35.0 Å². The van der Waals surface area contributed by atoms with Crippen molar-refractivity contribution in [3.05, 3.63) is 47.0 Å². The van der Waals surface area contributed by atoms with E-state index in [0.717, 1.165) is 24.8 Å². The SMILES string of the molecule is O=[PH](OC(F)c1cncc(O)c1CCO)OC(F)c1cncc(O)c1CCO. The standard InChI is InChI=1S/C16H19F2N2O7P/c17-15(11-5-19-7-13(23)9(11)1-3-21)26-28(25)27-16(18)12-6-20-8-14(24)10(12)2-4-22/h5-8,15-16,21-24,28H,1-4H2. The molecule has 2 atom stereocenters. The molecular formula is C16H19F2N2O7P. The third-order valence-electron chi connectivity index (χ3n) is 3.75. The topological polar surface area (TPSA) is 142 Å². The molecule has 0 aromatic carbocycles. The lowest BCUT2D eigenvalue weighted by molar-refractivity contribution is 0.0114. The minimum Gasteiger partial charge on any atom is -0.506 e. The monoisotopic (exact) mass is 420 g/mol. The highest BCUT2D eigenvalue weighted by molar-refractivity contribution is 7.33. The first kappa shape index (κ1) is 22.1.